The number of ether oxygens (including phenoxy) is 1. The smallest absolute Gasteiger partial charge is 0.416 e. The molecule has 1 aromatic heterocycles. The molecular formula is C31H33F3N4O3. The third-order valence-electron chi connectivity index (χ3n) is 8.16. The van der Waals surface area contributed by atoms with Gasteiger partial charge < -0.3 is 14.5 Å². The van der Waals surface area contributed by atoms with Crippen molar-refractivity contribution in [3.05, 3.63) is 89.5 Å². The standard InChI is InChI=1S/C31H33F3N4O3/c32-31(33,34)25-10-8-24(9-11-25)28(39)37-17-13-30(14-18-37)12-4-3-6-23-5-1-2-7-27(23)41-20-19-38(22-30)29(40)26-21-35-15-16-36-26/h1-2,5,7-11,15-16,21H,3-4,6,12-14,17-20,22H2. The number of hydrogen-bond donors (Lipinski definition) is 0. The first-order chi connectivity index (χ1) is 19.7. The summed E-state index contributed by atoms with van der Waals surface area (Å²) >= 11 is 0. The van der Waals surface area contributed by atoms with Gasteiger partial charge in [-0.05, 0) is 73.4 Å². The molecule has 1 spiro atoms. The summed E-state index contributed by atoms with van der Waals surface area (Å²) < 4.78 is 45.0. The summed E-state index contributed by atoms with van der Waals surface area (Å²) in [5, 5.41) is 0. The first-order valence-corrected chi connectivity index (χ1v) is 14.0. The van der Waals surface area contributed by atoms with Gasteiger partial charge in [-0.2, -0.15) is 13.2 Å². The van der Waals surface area contributed by atoms with Crippen LogP contribution < -0.4 is 4.74 Å². The summed E-state index contributed by atoms with van der Waals surface area (Å²) in [6.45, 7) is 2.13. The fourth-order valence-electron chi connectivity index (χ4n) is 5.82. The average molecular weight is 567 g/mol. The Bertz CT molecular complexity index is 1340. The zero-order chi connectivity index (χ0) is 28.9. The summed E-state index contributed by atoms with van der Waals surface area (Å²) in [5.74, 6) is 0.346. The Balaban J connectivity index is 1.33. The SMILES string of the molecule is O=C(c1ccc(C(F)(F)F)cc1)N1CCC2(CCCCc3ccccc3OCCN(C(=O)c3cnccn3)C2)CC1. The van der Waals surface area contributed by atoms with Crippen LogP contribution in [0.25, 0.3) is 0 Å². The monoisotopic (exact) mass is 566 g/mol. The maximum absolute atomic E-state index is 13.6. The Hall–Kier alpha value is -3.95. The highest BCUT2D eigenvalue weighted by atomic mass is 19.4. The van der Waals surface area contributed by atoms with Gasteiger partial charge in [0.1, 0.15) is 18.1 Å². The Labute approximate surface area is 237 Å². The predicted molar refractivity (Wildman–Crippen MR) is 146 cm³/mol. The van der Waals surface area contributed by atoms with E-state index in [1.807, 2.05) is 18.2 Å². The zero-order valence-corrected chi connectivity index (χ0v) is 22.8. The van der Waals surface area contributed by atoms with Gasteiger partial charge in [0.05, 0.1) is 18.3 Å². The number of fused-ring (bicyclic) bond motifs is 1. The van der Waals surface area contributed by atoms with Crippen molar-refractivity contribution in [3.63, 3.8) is 0 Å². The number of carbonyl (C=O) groups is 2. The molecule has 2 aliphatic heterocycles. The molecule has 5 rings (SSSR count). The number of rotatable bonds is 2. The summed E-state index contributed by atoms with van der Waals surface area (Å²) in [7, 11) is 0. The van der Waals surface area contributed by atoms with E-state index in [-0.39, 0.29) is 28.5 Å². The molecule has 0 radical (unpaired) electrons. The van der Waals surface area contributed by atoms with Crippen molar-refractivity contribution in [1.29, 1.82) is 0 Å². The quantitative estimate of drug-likeness (QED) is 0.400. The minimum absolute atomic E-state index is 0.213. The molecule has 1 fully saturated rings. The molecule has 0 unspecified atom stereocenters. The minimum atomic E-state index is -4.45. The molecule has 41 heavy (non-hydrogen) atoms. The van der Waals surface area contributed by atoms with Gasteiger partial charge in [-0.3, -0.25) is 14.6 Å². The highest BCUT2D eigenvalue weighted by molar-refractivity contribution is 5.94. The van der Waals surface area contributed by atoms with E-state index < -0.39 is 11.7 Å². The van der Waals surface area contributed by atoms with Gasteiger partial charge in [0.2, 0.25) is 0 Å². The molecule has 7 nitrogen and oxygen atoms in total. The number of para-hydroxylation sites is 1. The number of nitrogens with zero attached hydrogens (tertiary/aromatic N) is 4. The first-order valence-electron chi connectivity index (χ1n) is 14.0. The zero-order valence-electron chi connectivity index (χ0n) is 22.8. The van der Waals surface area contributed by atoms with Crippen molar-refractivity contribution in [2.24, 2.45) is 5.41 Å². The average Bonchev–Trinajstić information content (AvgIpc) is 2.99. The van der Waals surface area contributed by atoms with Crippen LogP contribution in [-0.2, 0) is 12.6 Å². The first kappa shape index (κ1) is 28.6. The topological polar surface area (TPSA) is 75.6 Å². The Kier molecular flexibility index (Phi) is 8.56. The number of piperidine rings is 1. The van der Waals surface area contributed by atoms with E-state index in [0.717, 1.165) is 49.1 Å². The van der Waals surface area contributed by atoms with E-state index >= 15 is 0 Å². The molecule has 3 aromatic rings. The fraction of sp³-hybridized carbons (Fsp3) is 0.419. The van der Waals surface area contributed by atoms with Crippen molar-refractivity contribution in [1.82, 2.24) is 19.8 Å². The number of amides is 2. The molecule has 2 aromatic carbocycles. The molecule has 2 aliphatic rings. The molecule has 1 saturated heterocycles. The second-order valence-electron chi connectivity index (χ2n) is 10.8. The van der Waals surface area contributed by atoms with E-state index in [1.165, 1.54) is 30.7 Å². The highest BCUT2D eigenvalue weighted by Gasteiger charge is 2.39. The maximum Gasteiger partial charge on any atom is 0.416 e. The van der Waals surface area contributed by atoms with E-state index in [9.17, 15) is 22.8 Å². The van der Waals surface area contributed by atoms with Crippen LogP contribution in [0.4, 0.5) is 13.2 Å². The van der Waals surface area contributed by atoms with Crippen LogP contribution in [0.15, 0.2) is 67.1 Å². The number of aromatic nitrogens is 2. The minimum Gasteiger partial charge on any atom is -0.491 e. The van der Waals surface area contributed by atoms with Crippen molar-refractivity contribution >= 4 is 11.8 Å². The molecule has 0 aliphatic carbocycles. The number of likely N-dealkylation sites (tertiary alicyclic amines) is 1. The lowest BCUT2D eigenvalue weighted by atomic mass is 9.73. The Morgan fingerprint density at radius 2 is 1.61 bits per heavy atom. The molecular weight excluding hydrogens is 533 g/mol. The fourth-order valence-corrected chi connectivity index (χ4v) is 5.82. The van der Waals surface area contributed by atoms with Crippen molar-refractivity contribution in [2.75, 3.05) is 32.8 Å². The van der Waals surface area contributed by atoms with Crippen LogP contribution in [0.2, 0.25) is 0 Å². The van der Waals surface area contributed by atoms with E-state index in [4.69, 9.17) is 4.74 Å². The summed E-state index contributed by atoms with van der Waals surface area (Å²) in [6.07, 6.45) is 5.11. The molecule has 216 valence electrons. The molecule has 0 atom stereocenters. The van der Waals surface area contributed by atoms with Crippen LogP contribution in [0.5, 0.6) is 5.75 Å². The summed E-state index contributed by atoms with van der Waals surface area (Å²) in [6, 6.07) is 12.4. The lowest BCUT2D eigenvalue weighted by Crippen LogP contribution is -2.50. The van der Waals surface area contributed by atoms with Gasteiger partial charge in [0.15, 0.2) is 0 Å². The number of alkyl halides is 3. The van der Waals surface area contributed by atoms with Crippen molar-refractivity contribution in [2.45, 2.75) is 44.7 Å². The highest BCUT2D eigenvalue weighted by Crippen LogP contribution is 2.39. The van der Waals surface area contributed by atoms with Gasteiger partial charge in [-0.1, -0.05) is 24.6 Å². The second kappa shape index (κ2) is 12.3. The van der Waals surface area contributed by atoms with Crippen molar-refractivity contribution in [3.8, 4) is 5.75 Å². The molecule has 0 N–H and O–H groups in total. The lowest BCUT2D eigenvalue weighted by Gasteiger charge is -2.45. The number of hydrogen-bond acceptors (Lipinski definition) is 5. The van der Waals surface area contributed by atoms with Gasteiger partial charge >= 0.3 is 6.18 Å². The van der Waals surface area contributed by atoms with E-state index in [1.54, 1.807) is 9.80 Å². The normalized spacial score (nSPS) is 18.0. The number of halogens is 3. The Morgan fingerprint density at radius 1 is 0.854 bits per heavy atom. The van der Waals surface area contributed by atoms with E-state index in [2.05, 4.69) is 16.0 Å². The van der Waals surface area contributed by atoms with Crippen LogP contribution in [-0.4, -0.2) is 64.4 Å². The number of aryl methyl sites for hydroxylation is 1. The van der Waals surface area contributed by atoms with Crippen molar-refractivity contribution < 1.29 is 27.5 Å². The predicted octanol–water partition coefficient (Wildman–Crippen LogP) is 5.67. The molecule has 2 amide bonds. The van der Waals surface area contributed by atoms with E-state index in [0.29, 0.717) is 45.6 Å². The number of benzene rings is 2. The largest absolute Gasteiger partial charge is 0.491 e. The van der Waals surface area contributed by atoms with Crippen LogP contribution in [0, 0.1) is 5.41 Å². The van der Waals surface area contributed by atoms with Crippen LogP contribution in [0.3, 0.4) is 0 Å². The van der Waals surface area contributed by atoms with Crippen LogP contribution >= 0.6 is 0 Å². The van der Waals surface area contributed by atoms with Gasteiger partial charge in [-0.15, -0.1) is 0 Å². The molecule has 0 bridgehead atoms. The molecule has 0 saturated carbocycles. The summed E-state index contributed by atoms with van der Waals surface area (Å²) in [5.41, 5.74) is 0.659. The number of carbonyl (C=O) groups excluding carboxylic acids is 2. The molecule has 10 heteroatoms. The molecule has 3 heterocycles. The van der Waals surface area contributed by atoms with Gasteiger partial charge in [0, 0.05) is 37.6 Å². The van der Waals surface area contributed by atoms with Gasteiger partial charge in [0.25, 0.3) is 11.8 Å². The maximum atomic E-state index is 13.6. The van der Waals surface area contributed by atoms with Crippen LogP contribution in [0.1, 0.15) is 64.1 Å². The third kappa shape index (κ3) is 6.86. The van der Waals surface area contributed by atoms with Gasteiger partial charge in [-0.25, -0.2) is 4.98 Å². The Morgan fingerprint density at radius 3 is 2.32 bits per heavy atom. The summed E-state index contributed by atoms with van der Waals surface area (Å²) in [4.78, 5) is 38.5. The lowest BCUT2D eigenvalue weighted by molar-refractivity contribution is -0.137. The second-order valence-corrected chi connectivity index (χ2v) is 10.8. The third-order valence-corrected chi connectivity index (χ3v) is 8.16.